The van der Waals surface area contributed by atoms with Gasteiger partial charge in [-0.2, -0.15) is 0 Å². The summed E-state index contributed by atoms with van der Waals surface area (Å²) < 4.78 is 19.4. The standard InChI is InChI=1S/C16H18FNO2S/c1-16(2)7-10-14(11(19)8-16)21-15(18-10)13-9(17)5-4-6-12(13)20-3/h4-6,11,19H,7-8H2,1-3H3. The Morgan fingerprint density at radius 2 is 2.19 bits per heavy atom. The smallest absolute Gasteiger partial charge is 0.137 e. The first kappa shape index (κ1) is 14.5. The van der Waals surface area contributed by atoms with Crippen LogP contribution in [0.2, 0.25) is 0 Å². The van der Waals surface area contributed by atoms with Crippen molar-refractivity contribution >= 4 is 11.3 Å². The number of aliphatic hydroxyl groups excluding tert-OH is 1. The normalized spacial score (nSPS) is 20.1. The molecule has 5 heteroatoms. The van der Waals surface area contributed by atoms with Crippen LogP contribution >= 0.6 is 11.3 Å². The van der Waals surface area contributed by atoms with Crippen molar-refractivity contribution in [2.45, 2.75) is 32.8 Å². The fourth-order valence-corrected chi connectivity index (χ4v) is 4.00. The summed E-state index contributed by atoms with van der Waals surface area (Å²) in [4.78, 5) is 5.43. The Hall–Kier alpha value is -1.46. The second kappa shape index (κ2) is 5.07. The van der Waals surface area contributed by atoms with Crippen LogP contribution in [0.25, 0.3) is 10.6 Å². The van der Waals surface area contributed by atoms with Crippen molar-refractivity contribution in [1.29, 1.82) is 0 Å². The lowest BCUT2D eigenvalue weighted by molar-refractivity contribution is 0.102. The van der Waals surface area contributed by atoms with E-state index in [0.717, 1.165) is 17.0 Å². The number of aromatic nitrogens is 1. The molecule has 0 aliphatic heterocycles. The van der Waals surface area contributed by atoms with Crippen LogP contribution in [0.4, 0.5) is 4.39 Å². The van der Waals surface area contributed by atoms with Crippen LogP contribution in [0.15, 0.2) is 18.2 Å². The highest BCUT2D eigenvalue weighted by molar-refractivity contribution is 7.15. The summed E-state index contributed by atoms with van der Waals surface area (Å²) in [6.45, 7) is 4.23. The molecule has 1 aliphatic carbocycles. The zero-order valence-corrected chi connectivity index (χ0v) is 13.1. The van der Waals surface area contributed by atoms with Crippen molar-refractivity contribution in [2.24, 2.45) is 5.41 Å². The van der Waals surface area contributed by atoms with Gasteiger partial charge in [-0.05, 0) is 30.4 Å². The fraction of sp³-hybridized carbons (Fsp3) is 0.438. The number of fused-ring (bicyclic) bond motifs is 1. The van der Waals surface area contributed by atoms with Gasteiger partial charge < -0.3 is 9.84 Å². The van der Waals surface area contributed by atoms with E-state index < -0.39 is 6.10 Å². The quantitative estimate of drug-likeness (QED) is 0.913. The number of aliphatic hydroxyl groups is 1. The van der Waals surface area contributed by atoms with Crippen LogP contribution in [0.5, 0.6) is 5.75 Å². The van der Waals surface area contributed by atoms with Crippen molar-refractivity contribution in [3.05, 3.63) is 34.6 Å². The van der Waals surface area contributed by atoms with Crippen molar-refractivity contribution < 1.29 is 14.2 Å². The zero-order valence-electron chi connectivity index (χ0n) is 12.3. The van der Waals surface area contributed by atoms with E-state index in [1.165, 1.54) is 24.5 Å². The van der Waals surface area contributed by atoms with Gasteiger partial charge in [0.15, 0.2) is 0 Å². The molecule has 112 valence electrons. The summed E-state index contributed by atoms with van der Waals surface area (Å²) in [6.07, 6.45) is 0.982. The molecule has 0 fully saturated rings. The summed E-state index contributed by atoms with van der Waals surface area (Å²) in [5, 5.41) is 10.9. The average molecular weight is 307 g/mol. The van der Waals surface area contributed by atoms with E-state index in [-0.39, 0.29) is 11.2 Å². The zero-order chi connectivity index (χ0) is 15.2. The van der Waals surface area contributed by atoms with E-state index in [0.29, 0.717) is 22.7 Å². The van der Waals surface area contributed by atoms with Gasteiger partial charge in [-0.3, -0.25) is 0 Å². The van der Waals surface area contributed by atoms with Gasteiger partial charge in [-0.1, -0.05) is 19.9 Å². The number of halogens is 1. The predicted octanol–water partition coefficient (Wildman–Crippen LogP) is 3.96. The number of nitrogens with zero attached hydrogens (tertiary/aromatic N) is 1. The molecule has 3 rings (SSSR count). The van der Waals surface area contributed by atoms with Gasteiger partial charge in [0.2, 0.25) is 0 Å². The Balaban J connectivity index is 2.11. The predicted molar refractivity (Wildman–Crippen MR) is 81.1 cm³/mol. The Bertz CT molecular complexity index is 681. The molecule has 2 aromatic rings. The molecule has 0 bridgehead atoms. The molecule has 0 radical (unpaired) electrons. The molecule has 1 unspecified atom stereocenters. The number of hydrogen-bond acceptors (Lipinski definition) is 4. The molecule has 1 N–H and O–H groups in total. The highest BCUT2D eigenvalue weighted by Crippen LogP contribution is 2.46. The lowest BCUT2D eigenvalue weighted by Gasteiger charge is -2.31. The van der Waals surface area contributed by atoms with Crippen molar-refractivity contribution in [3.8, 4) is 16.3 Å². The number of hydrogen-bond donors (Lipinski definition) is 1. The van der Waals surface area contributed by atoms with Gasteiger partial charge in [-0.15, -0.1) is 11.3 Å². The number of thiazole rings is 1. The Kier molecular flexibility index (Phi) is 3.50. The number of rotatable bonds is 2. The third-order valence-electron chi connectivity index (χ3n) is 3.83. The van der Waals surface area contributed by atoms with E-state index in [9.17, 15) is 9.50 Å². The van der Waals surface area contributed by atoms with Gasteiger partial charge in [0, 0.05) is 0 Å². The second-order valence-electron chi connectivity index (χ2n) is 6.21. The van der Waals surface area contributed by atoms with Gasteiger partial charge in [-0.25, -0.2) is 9.37 Å². The molecule has 0 amide bonds. The number of benzene rings is 1. The van der Waals surface area contributed by atoms with Crippen LogP contribution in [0, 0.1) is 11.2 Å². The molecule has 0 spiro atoms. The minimum absolute atomic E-state index is 0.0110. The van der Waals surface area contributed by atoms with Crippen molar-refractivity contribution in [2.75, 3.05) is 7.11 Å². The Morgan fingerprint density at radius 3 is 2.90 bits per heavy atom. The van der Waals surface area contributed by atoms with Crippen LogP contribution in [0.1, 0.15) is 36.9 Å². The van der Waals surface area contributed by atoms with Crippen molar-refractivity contribution in [1.82, 2.24) is 4.98 Å². The fourth-order valence-electron chi connectivity index (χ4n) is 2.88. The topological polar surface area (TPSA) is 42.4 Å². The maximum atomic E-state index is 14.2. The third kappa shape index (κ3) is 2.56. The lowest BCUT2D eigenvalue weighted by atomic mass is 9.77. The van der Waals surface area contributed by atoms with Gasteiger partial charge >= 0.3 is 0 Å². The molecule has 1 aromatic heterocycles. The molecule has 21 heavy (non-hydrogen) atoms. The van der Waals surface area contributed by atoms with E-state index in [2.05, 4.69) is 18.8 Å². The van der Waals surface area contributed by atoms with Gasteiger partial charge in [0.25, 0.3) is 0 Å². The minimum atomic E-state index is -0.521. The van der Waals surface area contributed by atoms with E-state index >= 15 is 0 Å². The van der Waals surface area contributed by atoms with Crippen molar-refractivity contribution in [3.63, 3.8) is 0 Å². The van der Waals surface area contributed by atoms with Crippen LogP contribution < -0.4 is 4.74 Å². The Labute approximate surface area is 127 Å². The highest BCUT2D eigenvalue weighted by atomic mass is 32.1. The highest BCUT2D eigenvalue weighted by Gasteiger charge is 2.34. The molecular weight excluding hydrogens is 289 g/mol. The summed E-state index contributed by atoms with van der Waals surface area (Å²) in [7, 11) is 1.52. The molecular formula is C16H18FNO2S. The van der Waals surface area contributed by atoms with Crippen LogP contribution in [-0.2, 0) is 6.42 Å². The summed E-state index contributed by atoms with van der Waals surface area (Å²) in [5.74, 6) is 0.115. The molecule has 1 atom stereocenters. The summed E-state index contributed by atoms with van der Waals surface area (Å²) in [6, 6.07) is 4.74. The largest absolute Gasteiger partial charge is 0.496 e. The maximum absolute atomic E-state index is 14.2. The number of methoxy groups -OCH3 is 1. The number of ether oxygens (including phenoxy) is 1. The van der Waals surface area contributed by atoms with Crippen LogP contribution in [0.3, 0.4) is 0 Å². The average Bonchev–Trinajstić information content (AvgIpc) is 2.80. The maximum Gasteiger partial charge on any atom is 0.137 e. The van der Waals surface area contributed by atoms with Gasteiger partial charge in [0.05, 0.1) is 29.3 Å². The molecule has 1 aromatic carbocycles. The molecule has 1 heterocycles. The summed E-state index contributed by atoms with van der Waals surface area (Å²) in [5.41, 5.74) is 1.27. The summed E-state index contributed by atoms with van der Waals surface area (Å²) >= 11 is 1.36. The second-order valence-corrected chi connectivity index (χ2v) is 7.24. The molecule has 3 nitrogen and oxygen atoms in total. The first-order valence-corrected chi connectivity index (χ1v) is 7.73. The van der Waals surface area contributed by atoms with E-state index in [1.54, 1.807) is 12.1 Å². The van der Waals surface area contributed by atoms with E-state index in [1.807, 2.05) is 0 Å². The first-order chi connectivity index (χ1) is 9.91. The lowest BCUT2D eigenvalue weighted by Crippen LogP contribution is -2.24. The third-order valence-corrected chi connectivity index (χ3v) is 5.05. The van der Waals surface area contributed by atoms with Crippen LogP contribution in [-0.4, -0.2) is 17.2 Å². The SMILES string of the molecule is COc1cccc(F)c1-c1nc2c(s1)C(O)CC(C)(C)C2. The first-order valence-electron chi connectivity index (χ1n) is 6.92. The van der Waals surface area contributed by atoms with E-state index in [4.69, 9.17) is 4.74 Å². The molecule has 0 saturated heterocycles. The van der Waals surface area contributed by atoms with Gasteiger partial charge in [0.1, 0.15) is 16.6 Å². The molecule has 1 aliphatic rings. The Morgan fingerprint density at radius 1 is 1.43 bits per heavy atom. The minimum Gasteiger partial charge on any atom is -0.496 e. The molecule has 0 saturated carbocycles. The monoisotopic (exact) mass is 307 g/mol.